The summed E-state index contributed by atoms with van der Waals surface area (Å²) < 4.78 is 16.6. The van der Waals surface area contributed by atoms with Gasteiger partial charge in [-0.05, 0) is 57.0 Å². The normalized spacial score (nSPS) is 21.9. The van der Waals surface area contributed by atoms with Crippen LogP contribution in [0.15, 0.2) is 49.1 Å². The number of benzene rings is 1. The molecule has 30 heavy (non-hydrogen) atoms. The van der Waals surface area contributed by atoms with E-state index in [-0.39, 0.29) is 11.8 Å². The molecule has 7 nitrogen and oxygen atoms in total. The first-order valence-corrected chi connectivity index (χ1v) is 10.3. The molecule has 4 rings (SSSR count). The number of aromatic hydroxyl groups is 1. The standard InChI is InChI=1S/C22H27FN6O/c1-24-15-4-3-5-18(23)20(12-15)28(2)22-9-8-19(26-27-22)17-7-6-16(13-21(17)30)29-11-10-25-14-29/h6-11,13-15,18,20,24,30H,3-5,12H2,1-2H3/t15-,18+,20-/m0/s1. The molecule has 2 heterocycles. The molecule has 158 valence electrons. The van der Waals surface area contributed by atoms with Crippen molar-refractivity contribution >= 4 is 5.82 Å². The number of alkyl halides is 1. The number of rotatable bonds is 5. The highest BCUT2D eigenvalue weighted by Crippen LogP contribution is 2.31. The van der Waals surface area contributed by atoms with Crippen LogP contribution in [-0.4, -0.2) is 57.2 Å². The third-order valence-corrected chi connectivity index (χ3v) is 5.95. The molecule has 2 N–H and O–H groups in total. The first-order valence-electron chi connectivity index (χ1n) is 10.3. The number of nitrogens with zero attached hydrogens (tertiary/aromatic N) is 5. The maximum absolute atomic E-state index is 14.7. The van der Waals surface area contributed by atoms with Crippen molar-refractivity contribution in [3.63, 3.8) is 0 Å². The molecule has 1 aliphatic carbocycles. The zero-order chi connectivity index (χ0) is 21.1. The lowest BCUT2D eigenvalue weighted by Crippen LogP contribution is -2.43. The molecule has 8 heteroatoms. The summed E-state index contributed by atoms with van der Waals surface area (Å²) in [5.74, 6) is 0.735. The monoisotopic (exact) mass is 410 g/mol. The number of halogens is 1. The summed E-state index contributed by atoms with van der Waals surface area (Å²) in [5, 5.41) is 22.4. The summed E-state index contributed by atoms with van der Waals surface area (Å²) in [7, 11) is 3.80. The van der Waals surface area contributed by atoms with E-state index < -0.39 is 6.17 Å². The van der Waals surface area contributed by atoms with Crippen molar-refractivity contribution in [3.05, 3.63) is 49.1 Å². The molecular formula is C22H27FN6O. The zero-order valence-electron chi connectivity index (χ0n) is 17.2. The average molecular weight is 410 g/mol. The summed E-state index contributed by atoms with van der Waals surface area (Å²) in [6.45, 7) is 0. The number of nitrogens with one attached hydrogen (secondary N) is 1. The molecule has 1 aliphatic rings. The van der Waals surface area contributed by atoms with E-state index in [4.69, 9.17) is 0 Å². The Labute approximate surface area is 175 Å². The second-order valence-electron chi connectivity index (χ2n) is 7.79. The molecule has 1 fully saturated rings. The quantitative estimate of drug-likeness (QED) is 0.628. The highest BCUT2D eigenvalue weighted by Gasteiger charge is 2.31. The fourth-order valence-electron chi connectivity index (χ4n) is 4.11. The van der Waals surface area contributed by atoms with Crippen molar-refractivity contribution in [2.24, 2.45) is 0 Å². The first-order chi connectivity index (χ1) is 14.6. The molecule has 0 saturated heterocycles. The lowest BCUT2D eigenvalue weighted by Gasteiger charge is -2.31. The van der Waals surface area contributed by atoms with Gasteiger partial charge in [0, 0.05) is 37.1 Å². The Morgan fingerprint density at radius 2 is 2.07 bits per heavy atom. The number of phenols is 1. The van der Waals surface area contributed by atoms with Gasteiger partial charge in [-0.15, -0.1) is 10.2 Å². The number of hydrogen-bond acceptors (Lipinski definition) is 6. The number of hydrogen-bond donors (Lipinski definition) is 2. The number of aromatic nitrogens is 4. The van der Waals surface area contributed by atoms with Gasteiger partial charge in [0.15, 0.2) is 5.82 Å². The summed E-state index contributed by atoms with van der Waals surface area (Å²) in [4.78, 5) is 5.91. The predicted octanol–water partition coefficient (Wildman–Crippen LogP) is 3.34. The van der Waals surface area contributed by atoms with Crippen LogP contribution in [-0.2, 0) is 0 Å². The van der Waals surface area contributed by atoms with Crippen molar-refractivity contribution in [3.8, 4) is 22.7 Å². The lowest BCUT2D eigenvalue weighted by molar-refractivity contribution is 0.257. The Morgan fingerprint density at radius 3 is 2.73 bits per heavy atom. The lowest BCUT2D eigenvalue weighted by atomic mass is 10.0. The first kappa shape index (κ1) is 20.3. The minimum Gasteiger partial charge on any atom is -0.507 e. The van der Waals surface area contributed by atoms with Gasteiger partial charge in [-0.25, -0.2) is 9.37 Å². The van der Waals surface area contributed by atoms with E-state index >= 15 is 0 Å². The molecule has 0 unspecified atom stereocenters. The van der Waals surface area contributed by atoms with Gasteiger partial charge in [0.25, 0.3) is 0 Å². The maximum Gasteiger partial charge on any atom is 0.151 e. The smallest absolute Gasteiger partial charge is 0.151 e. The summed E-state index contributed by atoms with van der Waals surface area (Å²) >= 11 is 0. The van der Waals surface area contributed by atoms with Gasteiger partial charge in [-0.3, -0.25) is 0 Å². The topological polar surface area (TPSA) is 79.1 Å². The third-order valence-electron chi connectivity index (χ3n) is 5.95. The highest BCUT2D eigenvalue weighted by molar-refractivity contribution is 5.69. The van der Waals surface area contributed by atoms with Gasteiger partial charge in [0.05, 0.1) is 23.8 Å². The van der Waals surface area contributed by atoms with E-state index in [2.05, 4.69) is 20.5 Å². The highest BCUT2D eigenvalue weighted by atomic mass is 19.1. The Kier molecular flexibility index (Phi) is 5.94. The van der Waals surface area contributed by atoms with E-state index in [1.807, 2.05) is 48.0 Å². The van der Waals surface area contributed by atoms with Gasteiger partial charge >= 0.3 is 0 Å². The van der Waals surface area contributed by atoms with Crippen LogP contribution in [0.5, 0.6) is 5.75 Å². The van der Waals surface area contributed by atoms with Crippen LogP contribution >= 0.6 is 0 Å². The van der Waals surface area contributed by atoms with Crippen molar-refractivity contribution in [1.29, 1.82) is 0 Å². The van der Waals surface area contributed by atoms with E-state index in [1.165, 1.54) is 0 Å². The van der Waals surface area contributed by atoms with Crippen LogP contribution in [0, 0.1) is 0 Å². The number of imidazole rings is 1. The van der Waals surface area contributed by atoms with Crippen LogP contribution in [0.3, 0.4) is 0 Å². The predicted molar refractivity (Wildman–Crippen MR) is 115 cm³/mol. The Morgan fingerprint density at radius 1 is 1.20 bits per heavy atom. The van der Waals surface area contributed by atoms with Gasteiger partial charge in [-0.2, -0.15) is 0 Å². The van der Waals surface area contributed by atoms with E-state index in [0.717, 1.165) is 24.9 Å². The van der Waals surface area contributed by atoms with Crippen LogP contribution in [0.25, 0.3) is 16.9 Å². The average Bonchev–Trinajstić information content (AvgIpc) is 3.24. The summed E-state index contributed by atoms with van der Waals surface area (Å²) in [5.41, 5.74) is 1.96. The Hall–Kier alpha value is -3.00. The number of phenolic OH excluding ortho intramolecular Hbond substituents is 1. The van der Waals surface area contributed by atoms with Crippen molar-refractivity contribution in [1.82, 2.24) is 25.1 Å². The molecule has 1 aromatic carbocycles. The van der Waals surface area contributed by atoms with Crippen LogP contribution in [0.4, 0.5) is 10.2 Å². The van der Waals surface area contributed by atoms with Crippen LogP contribution in [0.1, 0.15) is 25.7 Å². The Balaban J connectivity index is 1.54. The molecule has 0 bridgehead atoms. The third kappa shape index (κ3) is 4.14. The molecule has 1 saturated carbocycles. The fraction of sp³-hybridized carbons (Fsp3) is 0.409. The molecule has 3 atom stereocenters. The molecule has 0 spiro atoms. The molecule has 0 radical (unpaired) electrons. The second kappa shape index (κ2) is 8.79. The van der Waals surface area contributed by atoms with Gasteiger partial charge < -0.3 is 19.9 Å². The zero-order valence-corrected chi connectivity index (χ0v) is 17.2. The number of anilines is 1. The fourth-order valence-corrected chi connectivity index (χ4v) is 4.11. The van der Waals surface area contributed by atoms with Gasteiger partial charge in [0.1, 0.15) is 11.9 Å². The van der Waals surface area contributed by atoms with Crippen molar-refractivity contribution in [2.75, 3.05) is 19.0 Å². The van der Waals surface area contributed by atoms with Gasteiger partial charge in [0.2, 0.25) is 0 Å². The molecule has 2 aromatic heterocycles. The largest absolute Gasteiger partial charge is 0.507 e. The summed E-state index contributed by atoms with van der Waals surface area (Å²) in [6, 6.07) is 9.05. The van der Waals surface area contributed by atoms with Crippen LogP contribution < -0.4 is 10.2 Å². The SMILES string of the molecule is CN[C@H]1CCC[C@@H](F)[C@@H](N(C)c2ccc(-c3ccc(-n4ccnc4)cc3O)nn2)C1. The molecule has 0 aliphatic heterocycles. The van der Waals surface area contributed by atoms with E-state index in [9.17, 15) is 9.50 Å². The minimum atomic E-state index is -0.894. The molecular weight excluding hydrogens is 383 g/mol. The summed E-state index contributed by atoms with van der Waals surface area (Å²) in [6.07, 6.45) is 7.43. The van der Waals surface area contributed by atoms with Crippen LogP contribution in [0.2, 0.25) is 0 Å². The van der Waals surface area contributed by atoms with Crippen molar-refractivity contribution < 1.29 is 9.50 Å². The molecule has 0 amide bonds. The van der Waals surface area contributed by atoms with E-state index in [0.29, 0.717) is 29.5 Å². The Bertz CT molecular complexity index is 962. The second-order valence-corrected chi connectivity index (χ2v) is 7.79. The minimum absolute atomic E-state index is 0.112. The maximum atomic E-state index is 14.7. The molecule has 3 aromatic rings. The van der Waals surface area contributed by atoms with E-state index in [1.54, 1.807) is 24.7 Å². The van der Waals surface area contributed by atoms with Gasteiger partial charge in [-0.1, -0.05) is 0 Å². The van der Waals surface area contributed by atoms with Crippen molar-refractivity contribution in [2.45, 2.75) is 43.9 Å².